The van der Waals surface area contributed by atoms with Gasteiger partial charge in [0, 0.05) is 0 Å². The summed E-state index contributed by atoms with van der Waals surface area (Å²) in [5, 5.41) is 21.4. The van der Waals surface area contributed by atoms with Crippen LogP contribution in [0.4, 0.5) is 10.3 Å². The number of alkyl halides is 1. The predicted octanol–water partition coefficient (Wildman–Crippen LogP) is -1.34. The van der Waals surface area contributed by atoms with Crippen molar-refractivity contribution in [2.24, 2.45) is 0 Å². The molecule has 20 nitrogen and oxygen atoms in total. The van der Waals surface area contributed by atoms with Crippen molar-refractivity contribution in [3.8, 4) is 0 Å². The van der Waals surface area contributed by atoms with Gasteiger partial charge in [-0.2, -0.15) is 4.98 Å². The molecule has 0 bridgehead atoms. The fourth-order valence-electron chi connectivity index (χ4n) is 5.46. The summed E-state index contributed by atoms with van der Waals surface area (Å²) in [6.07, 6.45) is -8.57. The highest BCUT2D eigenvalue weighted by molar-refractivity contribution is 8.39. The van der Waals surface area contributed by atoms with Gasteiger partial charge in [0.25, 0.3) is 11.1 Å². The van der Waals surface area contributed by atoms with Crippen molar-refractivity contribution < 1.29 is 47.1 Å². The number of imidazole rings is 2. The van der Waals surface area contributed by atoms with Crippen molar-refractivity contribution >= 4 is 66.3 Å². The van der Waals surface area contributed by atoms with Crippen LogP contribution in [-0.4, -0.2) is 103 Å². The molecule has 3 fully saturated rings. The summed E-state index contributed by atoms with van der Waals surface area (Å²) in [7, 11) is -2.65. The van der Waals surface area contributed by atoms with Gasteiger partial charge in [-0.1, -0.05) is 0 Å². The first-order valence-corrected chi connectivity index (χ1v) is 17.7. The maximum absolute atomic E-state index is 15.7. The highest BCUT2D eigenvalue weighted by Gasteiger charge is 2.78. The quantitative estimate of drug-likeness (QED) is 0.0783. The van der Waals surface area contributed by atoms with Crippen LogP contribution in [0, 0.1) is 0 Å². The Morgan fingerprint density at radius 1 is 1.18 bits per heavy atom. The second-order valence-electron chi connectivity index (χ2n) is 10.2. The van der Waals surface area contributed by atoms with Crippen LogP contribution < -0.4 is 16.9 Å². The van der Waals surface area contributed by atoms with E-state index in [-0.39, 0.29) is 28.3 Å². The number of aliphatic hydroxyl groups is 2. The van der Waals surface area contributed by atoms with Gasteiger partial charge in [0.1, 0.15) is 36.7 Å². The molecule has 0 spiro atoms. The first kappa shape index (κ1) is 30.8. The Labute approximate surface area is 258 Å². The zero-order chi connectivity index (χ0) is 32.0. The molecule has 1 saturated carbocycles. The number of aromatic nitrogens is 8. The Morgan fingerprint density at radius 2 is 1.87 bits per heavy atom. The Hall–Kier alpha value is -2.79. The van der Waals surface area contributed by atoms with E-state index in [1.165, 1.54) is 4.57 Å². The first-order chi connectivity index (χ1) is 21.3. The fourth-order valence-corrected chi connectivity index (χ4v) is 7.66. The molecule has 11 atom stereocenters. The predicted molar refractivity (Wildman–Crippen MR) is 153 cm³/mol. The molecule has 7 rings (SSSR count). The van der Waals surface area contributed by atoms with Crippen LogP contribution in [0.25, 0.3) is 22.3 Å². The summed E-state index contributed by atoms with van der Waals surface area (Å²) in [6.45, 7) is -5.07. The third-order valence-electron chi connectivity index (χ3n) is 7.60. The van der Waals surface area contributed by atoms with E-state index < -0.39 is 86.4 Å². The fraction of sp³-hybridized carbons (Fsp3) is 0.500. The van der Waals surface area contributed by atoms with Gasteiger partial charge in [0.15, 0.2) is 52.7 Å². The molecule has 1 aliphatic carbocycles. The van der Waals surface area contributed by atoms with Crippen molar-refractivity contribution in [2.75, 3.05) is 12.3 Å². The number of hydrogen-bond donors (Lipinski definition) is 7. The van der Waals surface area contributed by atoms with Crippen LogP contribution in [0.3, 0.4) is 0 Å². The van der Waals surface area contributed by atoms with Gasteiger partial charge < -0.3 is 39.8 Å². The smallest absolute Gasteiger partial charge is 0.387 e. The van der Waals surface area contributed by atoms with Gasteiger partial charge in [-0.15, -0.1) is 4.52 Å². The highest BCUT2D eigenvalue weighted by atomic mass is 32.7. The van der Waals surface area contributed by atoms with Crippen molar-refractivity contribution in [3.05, 3.63) is 39.7 Å². The second kappa shape index (κ2) is 10.9. The molecular formula is C20H21FN9O11P2S2+. The van der Waals surface area contributed by atoms with E-state index in [0.717, 1.165) is 23.5 Å². The number of halogens is 1. The number of aromatic amines is 2. The standard InChI is InChI=1S/C20H20FN9O11P2S2/c21-6-9(40-42(35)44)5(38-17(6)29-3-25-7-13(29)23-2-24-15(7)32)1-37-43(36,45)41-12-18(39-11-10(31)20(11,12)34)30-4-26-8-14(30)27-19(22)28-16(8)33/h2-6,9-12,17-18,31,34H,1H2,(H5-,22,23,24,27,28,32,33,35,36,44,45)/p+1/t5-,6+,9-,10?,11-,12+,17-,18-,20-,43?/m1/s1. The maximum atomic E-state index is 15.7. The molecule has 45 heavy (non-hydrogen) atoms. The number of anilines is 1. The molecule has 7 N–H and O–H groups in total. The minimum Gasteiger partial charge on any atom is -0.387 e. The topological polar surface area (TPSA) is 277 Å². The lowest BCUT2D eigenvalue weighted by Crippen LogP contribution is -2.39. The van der Waals surface area contributed by atoms with Crippen molar-refractivity contribution in [1.82, 2.24) is 39.0 Å². The third-order valence-corrected chi connectivity index (χ3v) is 9.85. The van der Waals surface area contributed by atoms with Crippen molar-refractivity contribution in [3.63, 3.8) is 0 Å². The maximum Gasteiger partial charge on any atom is 0.582 e. The number of thiol groups is 1. The molecule has 3 aliphatic rings. The van der Waals surface area contributed by atoms with Gasteiger partial charge in [-0.25, -0.2) is 19.3 Å². The average molecular weight is 709 g/mol. The molecule has 3 unspecified atom stereocenters. The minimum atomic E-state index is -4.39. The molecule has 240 valence electrons. The molecule has 4 aromatic heterocycles. The Bertz CT molecular complexity index is 2010. The number of nitrogens with zero attached hydrogens (tertiary/aromatic N) is 6. The normalized spacial score (nSPS) is 34.3. The zero-order valence-corrected chi connectivity index (χ0v) is 25.6. The van der Waals surface area contributed by atoms with Gasteiger partial charge in [0.05, 0.1) is 25.6 Å². The lowest BCUT2D eigenvalue weighted by molar-refractivity contribution is -0.0910. The van der Waals surface area contributed by atoms with E-state index in [9.17, 15) is 29.3 Å². The molecule has 2 saturated heterocycles. The molecule has 4 aromatic rings. The van der Waals surface area contributed by atoms with Crippen LogP contribution in [0.5, 0.6) is 0 Å². The SMILES string of the molecule is Nc1nc2c(ncn2[C@@H]2O[C@@H]3C(O)[C@]3(O)[C@H]2OP(O)(=S)OC[C@H]2O[C@@H](n3cnc4c(=O)[nH]cnc43)[C@@H](F)[C@@H]2O[P+](=O)S)c(=O)[nH]1. The number of rotatable bonds is 9. The van der Waals surface area contributed by atoms with Crippen molar-refractivity contribution in [1.29, 1.82) is 0 Å². The third kappa shape index (κ3) is 5.03. The highest BCUT2D eigenvalue weighted by Crippen LogP contribution is 2.60. The Balaban J connectivity index is 1.12. The van der Waals surface area contributed by atoms with E-state index in [1.807, 2.05) is 0 Å². The van der Waals surface area contributed by atoms with E-state index in [0.29, 0.717) is 0 Å². The molecule has 0 aromatic carbocycles. The largest absolute Gasteiger partial charge is 0.582 e. The summed E-state index contributed by atoms with van der Waals surface area (Å²) in [5.74, 6) is -0.240. The van der Waals surface area contributed by atoms with Crippen LogP contribution >= 0.6 is 26.2 Å². The number of nitrogens with one attached hydrogen (secondary N) is 2. The lowest BCUT2D eigenvalue weighted by Gasteiger charge is -2.30. The Kier molecular flexibility index (Phi) is 7.47. The summed E-state index contributed by atoms with van der Waals surface area (Å²) < 4.78 is 57.6. The van der Waals surface area contributed by atoms with Crippen LogP contribution in [-0.2, 0) is 39.4 Å². The average Bonchev–Trinajstić information content (AvgIpc) is 3.52. The van der Waals surface area contributed by atoms with Gasteiger partial charge in [0.2, 0.25) is 5.95 Å². The van der Waals surface area contributed by atoms with E-state index >= 15 is 4.39 Å². The van der Waals surface area contributed by atoms with Gasteiger partial charge in [-0.05, 0) is 16.4 Å². The van der Waals surface area contributed by atoms with Crippen molar-refractivity contribution in [2.45, 2.75) is 54.7 Å². The summed E-state index contributed by atoms with van der Waals surface area (Å²) >= 11 is 8.86. The number of ether oxygens (including phenoxy) is 2. The molecule has 0 amide bonds. The first-order valence-electron chi connectivity index (χ1n) is 12.8. The van der Waals surface area contributed by atoms with Crippen LogP contribution in [0.15, 0.2) is 28.6 Å². The minimum absolute atomic E-state index is 0.0130. The molecule has 2 aliphatic heterocycles. The number of H-pyrrole nitrogens is 2. The second-order valence-corrected chi connectivity index (χ2v) is 14.7. The molecular weight excluding hydrogens is 687 g/mol. The molecule has 0 radical (unpaired) electrons. The summed E-state index contributed by atoms with van der Waals surface area (Å²) in [6, 6.07) is 0. The van der Waals surface area contributed by atoms with Gasteiger partial charge in [-0.3, -0.25) is 28.2 Å². The molecule has 25 heteroatoms. The molecule has 6 heterocycles. The number of hydrogen-bond acceptors (Lipinski definition) is 16. The number of nitrogens with two attached hydrogens (primary N) is 1. The number of fused-ring (bicyclic) bond motifs is 3. The monoisotopic (exact) mass is 708 g/mol. The summed E-state index contributed by atoms with van der Waals surface area (Å²) in [5.41, 5.74) is 2.10. The number of nitrogen functional groups attached to an aromatic ring is 1. The lowest BCUT2D eigenvalue weighted by atomic mass is 10.1. The summed E-state index contributed by atoms with van der Waals surface area (Å²) in [4.78, 5) is 55.9. The van der Waals surface area contributed by atoms with E-state index in [2.05, 4.69) is 42.2 Å². The van der Waals surface area contributed by atoms with E-state index in [4.69, 9.17) is 40.6 Å². The zero-order valence-electron chi connectivity index (χ0n) is 22.1. The van der Waals surface area contributed by atoms with Crippen LogP contribution in [0.1, 0.15) is 12.5 Å². The van der Waals surface area contributed by atoms with Gasteiger partial charge >= 0.3 is 13.9 Å². The van der Waals surface area contributed by atoms with Crippen LogP contribution in [0.2, 0.25) is 0 Å². The van der Waals surface area contributed by atoms with E-state index in [1.54, 1.807) is 0 Å². The number of aliphatic hydroxyl groups excluding tert-OH is 1. The Morgan fingerprint density at radius 3 is 2.58 bits per heavy atom.